The van der Waals surface area contributed by atoms with Crippen LogP contribution < -0.4 is 10.6 Å². The molecule has 0 spiro atoms. The van der Waals surface area contributed by atoms with E-state index in [4.69, 9.17) is 4.42 Å². The normalized spacial score (nSPS) is 13.1. The highest BCUT2D eigenvalue weighted by atomic mass is 16.4. The minimum absolute atomic E-state index is 0.0708. The Hall–Kier alpha value is -3.41. The Balaban J connectivity index is 1.27. The van der Waals surface area contributed by atoms with Crippen LogP contribution in [0.25, 0.3) is 11.3 Å². The van der Waals surface area contributed by atoms with Crippen molar-refractivity contribution in [2.24, 2.45) is 0 Å². The maximum Gasteiger partial charge on any atom is 0.251 e. The van der Waals surface area contributed by atoms with Crippen molar-refractivity contribution in [3.63, 3.8) is 0 Å². The van der Waals surface area contributed by atoms with Crippen LogP contribution in [0.1, 0.15) is 35.5 Å². The molecule has 0 bridgehead atoms. The van der Waals surface area contributed by atoms with Crippen molar-refractivity contribution in [1.29, 1.82) is 0 Å². The smallest absolute Gasteiger partial charge is 0.251 e. The Bertz CT molecular complexity index is 960. The Morgan fingerprint density at radius 1 is 1.04 bits per heavy atom. The molecule has 1 aliphatic carbocycles. The first-order valence-electron chi connectivity index (χ1n) is 9.38. The van der Waals surface area contributed by atoms with E-state index >= 15 is 0 Å². The van der Waals surface area contributed by atoms with Crippen molar-refractivity contribution in [3.05, 3.63) is 72.2 Å². The first-order chi connectivity index (χ1) is 13.7. The highest BCUT2D eigenvalue weighted by molar-refractivity contribution is 5.96. The number of aromatic nitrogens is 1. The summed E-state index contributed by atoms with van der Waals surface area (Å²) < 4.78 is 5.71. The zero-order chi connectivity index (χ0) is 19.3. The largest absolute Gasteiger partial charge is 0.441 e. The van der Waals surface area contributed by atoms with Gasteiger partial charge in [0.25, 0.3) is 5.91 Å². The highest BCUT2D eigenvalue weighted by Crippen LogP contribution is 2.21. The molecule has 3 aromatic rings. The Labute approximate surface area is 163 Å². The topological polar surface area (TPSA) is 84.2 Å². The van der Waals surface area contributed by atoms with Gasteiger partial charge in [0.05, 0.1) is 6.20 Å². The van der Waals surface area contributed by atoms with Crippen LogP contribution in [0, 0.1) is 0 Å². The van der Waals surface area contributed by atoms with E-state index in [2.05, 4.69) is 15.6 Å². The molecule has 6 heteroatoms. The molecule has 0 atom stereocenters. The fourth-order valence-electron chi connectivity index (χ4n) is 2.81. The zero-order valence-corrected chi connectivity index (χ0v) is 15.4. The van der Waals surface area contributed by atoms with Gasteiger partial charge < -0.3 is 15.1 Å². The van der Waals surface area contributed by atoms with Crippen molar-refractivity contribution in [2.45, 2.75) is 31.7 Å². The zero-order valence-electron chi connectivity index (χ0n) is 15.4. The van der Waals surface area contributed by atoms with E-state index in [9.17, 15) is 9.59 Å². The van der Waals surface area contributed by atoms with E-state index in [0.717, 1.165) is 18.4 Å². The fourth-order valence-corrected chi connectivity index (χ4v) is 2.81. The van der Waals surface area contributed by atoms with Gasteiger partial charge in [-0.1, -0.05) is 30.3 Å². The monoisotopic (exact) mass is 375 g/mol. The van der Waals surface area contributed by atoms with Crippen molar-refractivity contribution >= 4 is 17.5 Å². The van der Waals surface area contributed by atoms with E-state index in [1.807, 2.05) is 30.3 Å². The summed E-state index contributed by atoms with van der Waals surface area (Å²) in [4.78, 5) is 28.4. The van der Waals surface area contributed by atoms with E-state index in [0.29, 0.717) is 35.4 Å². The number of nitrogens with one attached hydrogen (secondary N) is 2. The van der Waals surface area contributed by atoms with Crippen LogP contribution >= 0.6 is 0 Å². The summed E-state index contributed by atoms with van der Waals surface area (Å²) in [5, 5.41) is 5.77. The number of carbonyl (C=O) groups excluding carboxylic acids is 2. The minimum Gasteiger partial charge on any atom is -0.441 e. The summed E-state index contributed by atoms with van der Waals surface area (Å²) >= 11 is 0. The number of amides is 2. The van der Waals surface area contributed by atoms with E-state index in [1.165, 1.54) is 0 Å². The van der Waals surface area contributed by atoms with Crippen LogP contribution in [0.4, 0.5) is 5.69 Å². The van der Waals surface area contributed by atoms with E-state index in [1.54, 1.807) is 30.5 Å². The predicted octanol–water partition coefficient (Wildman–Crippen LogP) is 3.81. The molecular weight excluding hydrogens is 354 g/mol. The lowest BCUT2D eigenvalue weighted by molar-refractivity contribution is -0.116. The molecule has 1 heterocycles. The summed E-state index contributed by atoms with van der Waals surface area (Å²) in [5.74, 6) is 1.02. The maximum absolute atomic E-state index is 12.2. The minimum atomic E-state index is -0.130. The third-order valence-electron chi connectivity index (χ3n) is 4.52. The first-order valence-corrected chi connectivity index (χ1v) is 9.38. The van der Waals surface area contributed by atoms with Crippen molar-refractivity contribution < 1.29 is 14.0 Å². The number of hydrogen-bond donors (Lipinski definition) is 2. The van der Waals surface area contributed by atoms with Gasteiger partial charge >= 0.3 is 0 Å². The average Bonchev–Trinajstić information content (AvgIpc) is 3.40. The predicted molar refractivity (Wildman–Crippen MR) is 106 cm³/mol. The molecule has 1 aromatic heterocycles. The maximum atomic E-state index is 12.2. The second-order valence-corrected chi connectivity index (χ2v) is 6.86. The molecule has 0 saturated heterocycles. The van der Waals surface area contributed by atoms with Gasteiger partial charge in [-0.05, 0) is 37.1 Å². The SMILES string of the molecule is O=C(CCc1ncc(-c2ccccc2)o1)Nc1ccc(C(=O)NC2CC2)cc1. The van der Waals surface area contributed by atoms with Gasteiger partial charge in [-0.25, -0.2) is 4.98 Å². The van der Waals surface area contributed by atoms with Crippen molar-refractivity contribution in [1.82, 2.24) is 10.3 Å². The molecule has 28 heavy (non-hydrogen) atoms. The molecule has 1 saturated carbocycles. The number of nitrogens with zero attached hydrogens (tertiary/aromatic N) is 1. The molecule has 0 aliphatic heterocycles. The van der Waals surface area contributed by atoms with Gasteiger partial charge in [-0.15, -0.1) is 0 Å². The van der Waals surface area contributed by atoms with Gasteiger partial charge in [-0.3, -0.25) is 9.59 Å². The lowest BCUT2D eigenvalue weighted by Gasteiger charge is -2.06. The van der Waals surface area contributed by atoms with Crippen LogP contribution in [0.2, 0.25) is 0 Å². The van der Waals surface area contributed by atoms with E-state index < -0.39 is 0 Å². The van der Waals surface area contributed by atoms with Gasteiger partial charge in [0.2, 0.25) is 5.91 Å². The second-order valence-electron chi connectivity index (χ2n) is 6.86. The number of benzene rings is 2. The summed E-state index contributed by atoms with van der Waals surface area (Å²) in [6.45, 7) is 0. The first kappa shape index (κ1) is 18.0. The third kappa shape index (κ3) is 4.65. The summed E-state index contributed by atoms with van der Waals surface area (Å²) in [7, 11) is 0. The average molecular weight is 375 g/mol. The van der Waals surface area contributed by atoms with E-state index in [-0.39, 0.29) is 18.2 Å². The molecule has 2 amide bonds. The number of rotatable bonds is 7. The third-order valence-corrected chi connectivity index (χ3v) is 4.52. The summed E-state index contributed by atoms with van der Waals surface area (Å²) in [5.41, 5.74) is 2.21. The van der Waals surface area contributed by atoms with Gasteiger partial charge in [0, 0.05) is 35.7 Å². The fraction of sp³-hybridized carbons (Fsp3) is 0.227. The molecule has 2 aromatic carbocycles. The quantitative estimate of drug-likeness (QED) is 0.658. The standard InChI is InChI=1S/C22H21N3O3/c26-20(12-13-21-23-14-19(28-21)15-4-2-1-3-5-15)24-17-8-6-16(7-9-17)22(27)25-18-10-11-18/h1-9,14,18H,10-13H2,(H,24,26)(H,25,27). The van der Waals surface area contributed by atoms with Crippen LogP contribution in [0.3, 0.4) is 0 Å². The molecule has 0 radical (unpaired) electrons. The molecule has 4 rings (SSSR count). The Morgan fingerprint density at radius 3 is 2.50 bits per heavy atom. The molecule has 1 fully saturated rings. The van der Waals surface area contributed by atoms with Crippen LogP contribution in [-0.4, -0.2) is 22.8 Å². The lowest BCUT2D eigenvalue weighted by Crippen LogP contribution is -2.25. The molecule has 6 nitrogen and oxygen atoms in total. The van der Waals surface area contributed by atoms with Crippen LogP contribution in [0.5, 0.6) is 0 Å². The Morgan fingerprint density at radius 2 is 1.79 bits per heavy atom. The molecule has 2 N–H and O–H groups in total. The number of aryl methyl sites for hydroxylation is 1. The second kappa shape index (κ2) is 8.08. The molecule has 142 valence electrons. The van der Waals surface area contributed by atoms with Gasteiger partial charge in [0.1, 0.15) is 0 Å². The summed E-state index contributed by atoms with van der Waals surface area (Å²) in [6, 6.07) is 16.9. The van der Waals surface area contributed by atoms with Crippen molar-refractivity contribution in [3.8, 4) is 11.3 Å². The molecule has 0 unspecified atom stereocenters. The summed E-state index contributed by atoms with van der Waals surface area (Å²) in [6.07, 6.45) is 4.46. The van der Waals surface area contributed by atoms with Crippen LogP contribution in [-0.2, 0) is 11.2 Å². The van der Waals surface area contributed by atoms with Gasteiger partial charge in [0.15, 0.2) is 11.7 Å². The number of carbonyl (C=O) groups is 2. The highest BCUT2D eigenvalue weighted by Gasteiger charge is 2.23. The molecule has 1 aliphatic rings. The van der Waals surface area contributed by atoms with Crippen LogP contribution in [0.15, 0.2) is 65.2 Å². The lowest BCUT2D eigenvalue weighted by atomic mass is 10.2. The Kier molecular flexibility index (Phi) is 5.19. The number of hydrogen-bond acceptors (Lipinski definition) is 4. The van der Waals surface area contributed by atoms with Crippen molar-refractivity contribution in [2.75, 3.05) is 5.32 Å². The van der Waals surface area contributed by atoms with Gasteiger partial charge in [-0.2, -0.15) is 0 Å². The molecular formula is C22H21N3O3. The number of oxazole rings is 1. The number of anilines is 1.